The number of hydrogen-bond acceptors (Lipinski definition) is 9. The predicted molar refractivity (Wildman–Crippen MR) is 150 cm³/mol. The van der Waals surface area contributed by atoms with Gasteiger partial charge in [-0.05, 0) is 66.2 Å². The highest BCUT2D eigenvalue weighted by atomic mass is 19.1. The maximum atomic E-state index is 13.9. The molecule has 4 aromatic rings. The van der Waals surface area contributed by atoms with Crippen LogP contribution in [0.2, 0.25) is 0 Å². The number of hydrogen-bond donors (Lipinski definition) is 0. The quantitative estimate of drug-likeness (QED) is 0.0969. The van der Waals surface area contributed by atoms with E-state index in [2.05, 4.69) is 0 Å². The largest absolute Gasteiger partial charge is 0.493 e. The highest BCUT2D eigenvalue weighted by Crippen LogP contribution is 2.48. The summed E-state index contributed by atoms with van der Waals surface area (Å²) in [6.45, 7) is 0. The number of imide groups is 1. The molecule has 3 atom stereocenters. The minimum Gasteiger partial charge on any atom is -0.493 e. The van der Waals surface area contributed by atoms with Crippen LogP contribution in [0.3, 0.4) is 0 Å². The minimum atomic E-state index is -1.17. The Balaban J connectivity index is 1.36. The monoisotopic (exact) mass is 583 g/mol. The Morgan fingerprint density at radius 3 is 2.23 bits per heavy atom. The lowest BCUT2D eigenvalue weighted by atomic mass is 9.90. The van der Waals surface area contributed by atoms with E-state index in [4.69, 9.17) is 14.3 Å². The second-order valence-electron chi connectivity index (χ2n) is 9.75. The molecular weight excluding hydrogens is 561 g/mol. The lowest BCUT2D eigenvalue weighted by Crippen LogP contribution is -2.37. The predicted octanol–water partition coefficient (Wildman–Crippen LogP) is 5.01. The van der Waals surface area contributed by atoms with Crippen LogP contribution >= 0.6 is 0 Å². The van der Waals surface area contributed by atoms with Gasteiger partial charge in [-0.3, -0.25) is 24.5 Å². The first-order valence-electron chi connectivity index (χ1n) is 13.1. The Kier molecular flexibility index (Phi) is 7.04. The molecule has 2 aliphatic rings. The molecule has 0 radical (unpaired) electrons. The van der Waals surface area contributed by atoms with Crippen molar-refractivity contribution in [2.45, 2.75) is 12.1 Å². The summed E-state index contributed by atoms with van der Waals surface area (Å²) in [7, 11) is 1.39. The number of ether oxygens (including phenoxy) is 2. The standard InChI is InChI=1S/C31H22FN3O8/c1-41-25-17-19(9-16-24(25)42-31(38)18-7-10-20(32)11-8-18)27-26-28(43-34(27)22-5-3-2-4-6-22)30(37)33(29(26)36)21-12-14-23(15-13-21)35(39)40/h2-17,26-28H,1H3/t26-,27-,28-/m1/s1. The van der Waals surface area contributed by atoms with Crippen molar-refractivity contribution in [2.75, 3.05) is 17.1 Å². The van der Waals surface area contributed by atoms with Gasteiger partial charge in [0.2, 0.25) is 5.91 Å². The van der Waals surface area contributed by atoms with E-state index in [1.165, 1.54) is 54.6 Å². The van der Waals surface area contributed by atoms with Gasteiger partial charge in [-0.15, -0.1) is 0 Å². The molecule has 6 rings (SSSR count). The topological polar surface area (TPSA) is 129 Å². The van der Waals surface area contributed by atoms with E-state index in [1.807, 2.05) is 6.07 Å². The third-order valence-corrected chi connectivity index (χ3v) is 7.26. The van der Waals surface area contributed by atoms with Gasteiger partial charge in [-0.1, -0.05) is 24.3 Å². The van der Waals surface area contributed by atoms with Gasteiger partial charge in [0, 0.05) is 12.1 Å². The number of carbonyl (C=O) groups excluding carboxylic acids is 3. The van der Waals surface area contributed by atoms with Crippen LogP contribution in [0.1, 0.15) is 22.0 Å². The molecule has 2 fully saturated rings. The smallest absolute Gasteiger partial charge is 0.343 e. The number of nitro groups is 1. The SMILES string of the molecule is COc1cc([C@@H]2[C@H]3C(=O)N(c4ccc([N+](=O)[O-])cc4)C(=O)[C@@H]3ON2c2ccccc2)ccc1OC(=O)c1ccc(F)cc1. The van der Waals surface area contributed by atoms with Crippen LogP contribution in [0.4, 0.5) is 21.5 Å². The van der Waals surface area contributed by atoms with Gasteiger partial charge in [0.1, 0.15) is 11.7 Å². The molecule has 43 heavy (non-hydrogen) atoms. The number of nitrogens with zero attached hydrogens (tertiary/aromatic N) is 3. The number of amides is 2. The molecule has 2 amide bonds. The summed E-state index contributed by atoms with van der Waals surface area (Å²) in [5.74, 6) is -3.10. The summed E-state index contributed by atoms with van der Waals surface area (Å²) in [4.78, 5) is 57.7. The van der Waals surface area contributed by atoms with Gasteiger partial charge in [-0.25, -0.2) is 19.1 Å². The second-order valence-corrected chi connectivity index (χ2v) is 9.75. The van der Waals surface area contributed by atoms with Crippen molar-refractivity contribution >= 4 is 34.8 Å². The van der Waals surface area contributed by atoms with Crippen LogP contribution in [0, 0.1) is 21.8 Å². The Bertz CT molecular complexity index is 1730. The number of methoxy groups -OCH3 is 1. The van der Waals surface area contributed by atoms with Crippen LogP contribution in [0.15, 0.2) is 97.1 Å². The molecular formula is C31H22FN3O8. The van der Waals surface area contributed by atoms with Crippen LogP contribution in [0.5, 0.6) is 11.5 Å². The summed E-state index contributed by atoms with van der Waals surface area (Å²) < 4.78 is 24.3. The van der Waals surface area contributed by atoms with Crippen molar-refractivity contribution in [3.63, 3.8) is 0 Å². The fourth-order valence-corrected chi connectivity index (χ4v) is 5.23. The molecule has 2 heterocycles. The van der Waals surface area contributed by atoms with E-state index in [9.17, 15) is 28.9 Å². The molecule has 0 bridgehead atoms. The highest BCUT2D eigenvalue weighted by molar-refractivity contribution is 6.24. The van der Waals surface area contributed by atoms with Crippen LogP contribution < -0.4 is 19.4 Å². The van der Waals surface area contributed by atoms with Gasteiger partial charge in [-0.2, -0.15) is 0 Å². The van der Waals surface area contributed by atoms with E-state index in [-0.39, 0.29) is 28.4 Å². The molecule has 0 aliphatic carbocycles. The number of anilines is 2. The number of para-hydroxylation sites is 1. The molecule has 2 aliphatic heterocycles. The number of non-ortho nitro benzene ring substituents is 1. The molecule has 11 nitrogen and oxygen atoms in total. The first kappa shape index (κ1) is 27.5. The van der Waals surface area contributed by atoms with Crippen molar-refractivity contribution in [2.24, 2.45) is 5.92 Å². The van der Waals surface area contributed by atoms with Gasteiger partial charge in [0.05, 0.1) is 35.0 Å². The zero-order valence-electron chi connectivity index (χ0n) is 22.5. The zero-order valence-corrected chi connectivity index (χ0v) is 22.5. The minimum absolute atomic E-state index is 0.0867. The van der Waals surface area contributed by atoms with E-state index >= 15 is 0 Å². The Morgan fingerprint density at radius 1 is 0.884 bits per heavy atom. The molecule has 12 heteroatoms. The summed E-state index contributed by atoms with van der Waals surface area (Å²) in [5.41, 5.74) is 1.26. The maximum Gasteiger partial charge on any atom is 0.343 e. The summed E-state index contributed by atoms with van der Waals surface area (Å²) in [5, 5.41) is 12.6. The molecule has 0 N–H and O–H groups in total. The lowest BCUT2D eigenvalue weighted by molar-refractivity contribution is -0.384. The Morgan fingerprint density at radius 2 is 1.58 bits per heavy atom. The van der Waals surface area contributed by atoms with Crippen molar-refractivity contribution in [3.05, 3.63) is 124 Å². The van der Waals surface area contributed by atoms with Crippen molar-refractivity contribution in [3.8, 4) is 11.5 Å². The van der Waals surface area contributed by atoms with E-state index < -0.39 is 46.6 Å². The third kappa shape index (κ3) is 4.93. The molecule has 0 unspecified atom stereocenters. The number of nitro benzene ring substituents is 1. The van der Waals surface area contributed by atoms with Crippen molar-refractivity contribution in [1.82, 2.24) is 0 Å². The summed E-state index contributed by atoms with van der Waals surface area (Å²) in [6.07, 6.45) is -1.17. The lowest BCUT2D eigenvalue weighted by Gasteiger charge is -2.29. The zero-order chi connectivity index (χ0) is 30.2. The number of hydroxylamine groups is 1. The first-order chi connectivity index (χ1) is 20.8. The van der Waals surface area contributed by atoms with E-state index in [1.54, 1.807) is 36.4 Å². The van der Waals surface area contributed by atoms with Gasteiger partial charge in [0.15, 0.2) is 17.6 Å². The second kappa shape index (κ2) is 11.0. The fourth-order valence-electron chi connectivity index (χ4n) is 5.23. The normalized spacial score (nSPS) is 19.3. The molecule has 0 aromatic heterocycles. The van der Waals surface area contributed by atoms with Crippen LogP contribution in [-0.2, 0) is 14.4 Å². The molecule has 0 spiro atoms. The number of rotatable bonds is 7. The van der Waals surface area contributed by atoms with Gasteiger partial charge in [0.25, 0.3) is 11.6 Å². The average molecular weight is 584 g/mol. The number of fused-ring (bicyclic) bond motifs is 1. The fraction of sp³-hybridized carbons (Fsp3) is 0.129. The number of benzene rings is 4. The average Bonchev–Trinajstić information content (AvgIpc) is 3.53. The highest BCUT2D eigenvalue weighted by Gasteiger charge is 2.60. The summed E-state index contributed by atoms with van der Waals surface area (Å²) in [6, 6.07) is 22.8. The molecule has 2 saturated heterocycles. The number of carbonyl (C=O) groups is 3. The summed E-state index contributed by atoms with van der Waals surface area (Å²) >= 11 is 0. The van der Waals surface area contributed by atoms with Crippen molar-refractivity contribution in [1.29, 1.82) is 0 Å². The maximum absolute atomic E-state index is 13.9. The van der Waals surface area contributed by atoms with E-state index in [0.29, 0.717) is 11.3 Å². The number of esters is 1. The van der Waals surface area contributed by atoms with Crippen molar-refractivity contribution < 1.29 is 38.0 Å². The molecule has 4 aromatic carbocycles. The van der Waals surface area contributed by atoms with Crippen LogP contribution in [0.25, 0.3) is 0 Å². The van der Waals surface area contributed by atoms with Crippen LogP contribution in [-0.4, -0.2) is 35.9 Å². The number of halogens is 1. The first-order valence-corrected chi connectivity index (χ1v) is 13.1. The van der Waals surface area contributed by atoms with E-state index in [0.717, 1.165) is 17.0 Å². The van der Waals surface area contributed by atoms with Gasteiger partial charge >= 0.3 is 5.97 Å². The third-order valence-electron chi connectivity index (χ3n) is 7.26. The van der Waals surface area contributed by atoms with Gasteiger partial charge < -0.3 is 9.47 Å². The molecule has 216 valence electrons. The Hall–Kier alpha value is -5.62. The Labute approximate surface area is 243 Å². The molecule has 0 saturated carbocycles.